The van der Waals surface area contributed by atoms with E-state index >= 15 is 0 Å². The molecular formula is C24H28ClNO5. The fourth-order valence-electron chi connectivity index (χ4n) is 2.87. The van der Waals surface area contributed by atoms with Crippen molar-refractivity contribution in [2.24, 2.45) is 0 Å². The Labute approximate surface area is 188 Å². The summed E-state index contributed by atoms with van der Waals surface area (Å²) in [5, 5.41) is 9.64. The van der Waals surface area contributed by atoms with Gasteiger partial charge in [0.05, 0.1) is 31.5 Å². The molecule has 0 aliphatic heterocycles. The molecule has 166 valence electrons. The lowest BCUT2D eigenvalue weighted by atomic mass is 10.1. The van der Waals surface area contributed by atoms with Crippen LogP contribution in [0.1, 0.15) is 38.3 Å². The van der Waals surface area contributed by atoms with Gasteiger partial charge in [0.2, 0.25) is 0 Å². The quantitative estimate of drug-likeness (QED) is 0.339. The first kappa shape index (κ1) is 24.5. The van der Waals surface area contributed by atoms with E-state index in [1.165, 1.54) is 0 Å². The van der Waals surface area contributed by atoms with Crippen LogP contribution in [0.2, 0.25) is 5.02 Å². The lowest BCUT2D eigenvalue weighted by Gasteiger charge is -2.19. The first-order valence-electron chi connectivity index (χ1n) is 10.3. The summed E-state index contributed by atoms with van der Waals surface area (Å²) in [6, 6.07) is 14.6. The Balaban J connectivity index is 1.85. The van der Waals surface area contributed by atoms with Crippen LogP contribution in [0.15, 0.2) is 42.5 Å². The normalized spacial score (nSPS) is 11.6. The van der Waals surface area contributed by atoms with Crippen molar-refractivity contribution >= 4 is 17.6 Å². The SMILES string of the molecule is CCOC(=O)[C@H](Cc1cccc(OCCCOc2ccc(Cl)cc2C#N)c1)OC(C)C. The van der Waals surface area contributed by atoms with Crippen LogP contribution in [0.25, 0.3) is 0 Å². The first-order chi connectivity index (χ1) is 14.9. The topological polar surface area (TPSA) is 77.8 Å². The molecule has 0 saturated carbocycles. The molecule has 0 N–H and O–H groups in total. The minimum absolute atomic E-state index is 0.0870. The van der Waals surface area contributed by atoms with Crippen molar-refractivity contribution in [2.75, 3.05) is 19.8 Å². The van der Waals surface area contributed by atoms with Crippen molar-refractivity contribution < 1.29 is 23.7 Å². The van der Waals surface area contributed by atoms with Crippen LogP contribution >= 0.6 is 11.6 Å². The number of hydrogen-bond donors (Lipinski definition) is 0. The van der Waals surface area contributed by atoms with Crippen LogP contribution in [-0.2, 0) is 20.7 Å². The highest BCUT2D eigenvalue weighted by atomic mass is 35.5. The lowest BCUT2D eigenvalue weighted by Crippen LogP contribution is -2.31. The number of ether oxygens (including phenoxy) is 4. The van der Waals surface area contributed by atoms with E-state index in [1.54, 1.807) is 25.1 Å². The first-order valence-corrected chi connectivity index (χ1v) is 10.7. The van der Waals surface area contributed by atoms with E-state index < -0.39 is 6.10 Å². The van der Waals surface area contributed by atoms with E-state index in [0.717, 1.165) is 5.56 Å². The van der Waals surface area contributed by atoms with Gasteiger partial charge in [-0.05, 0) is 56.7 Å². The molecule has 0 aliphatic carbocycles. The van der Waals surface area contributed by atoms with Crippen molar-refractivity contribution in [3.8, 4) is 17.6 Å². The molecule has 0 saturated heterocycles. The predicted octanol–water partition coefficient (Wildman–Crippen LogP) is 4.96. The number of rotatable bonds is 12. The van der Waals surface area contributed by atoms with E-state index in [9.17, 15) is 4.79 Å². The van der Waals surface area contributed by atoms with E-state index in [4.69, 9.17) is 35.8 Å². The Hall–Kier alpha value is -2.75. The van der Waals surface area contributed by atoms with Gasteiger partial charge in [-0.1, -0.05) is 23.7 Å². The van der Waals surface area contributed by atoms with Crippen molar-refractivity contribution in [3.05, 3.63) is 58.6 Å². The Bertz CT molecular complexity index is 894. The van der Waals surface area contributed by atoms with Gasteiger partial charge in [0.1, 0.15) is 17.6 Å². The van der Waals surface area contributed by atoms with Crippen LogP contribution in [-0.4, -0.2) is 38.0 Å². The summed E-state index contributed by atoms with van der Waals surface area (Å²) < 4.78 is 22.3. The highest BCUT2D eigenvalue weighted by Gasteiger charge is 2.22. The molecule has 2 aromatic carbocycles. The molecule has 1 atom stereocenters. The average molecular weight is 446 g/mol. The average Bonchev–Trinajstić information content (AvgIpc) is 2.74. The van der Waals surface area contributed by atoms with Gasteiger partial charge in [0, 0.05) is 17.9 Å². The van der Waals surface area contributed by atoms with Crippen molar-refractivity contribution in [2.45, 2.75) is 45.8 Å². The van der Waals surface area contributed by atoms with Crippen LogP contribution in [0.3, 0.4) is 0 Å². The third-order valence-electron chi connectivity index (χ3n) is 4.18. The van der Waals surface area contributed by atoms with E-state index in [1.807, 2.05) is 38.1 Å². The molecule has 7 heteroatoms. The fourth-order valence-corrected chi connectivity index (χ4v) is 3.05. The number of hydrogen-bond acceptors (Lipinski definition) is 6. The summed E-state index contributed by atoms with van der Waals surface area (Å²) in [7, 11) is 0. The third kappa shape index (κ3) is 8.49. The molecule has 0 bridgehead atoms. The molecule has 0 spiro atoms. The van der Waals surface area contributed by atoms with Gasteiger partial charge in [-0.2, -0.15) is 5.26 Å². The van der Waals surface area contributed by atoms with Gasteiger partial charge in [0.15, 0.2) is 6.10 Å². The van der Waals surface area contributed by atoms with E-state index in [2.05, 4.69) is 6.07 Å². The minimum Gasteiger partial charge on any atom is -0.493 e. The number of esters is 1. The zero-order chi connectivity index (χ0) is 22.6. The van der Waals surface area contributed by atoms with Gasteiger partial charge in [-0.3, -0.25) is 0 Å². The smallest absolute Gasteiger partial charge is 0.335 e. The molecule has 0 aliphatic rings. The number of nitriles is 1. The fraction of sp³-hybridized carbons (Fsp3) is 0.417. The number of nitrogens with zero attached hydrogens (tertiary/aromatic N) is 1. The monoisotopic (exact) mass is 445 g/mol. The second-order valence-corrected chi connectivity index (χ2v) is 7.52. The summed E-state index contributed by atoms with van der Waals surface area (Å²) in [5.74, 6) is 0.844. The van der Waals surface area contributed by atoms with Gasteiger partial charge < -0.3 is 18.9 Å². The number of halogens is 1. The Morgan fingerprint density at radius 3 is 2.61 bits per heavy atom. The van der Waals surface area contributed by atoms with Gasteiger partial charge in [-0.25, -0.2) is 4.79 Å². The molecule has 0 radical (unpaired) electrons. The molecule has 2 rings (SSSR count). The molecule has 0 aromatic heterocycles. The molecular weight excluding hydrogens is 418 g/mol. The van der Waals surface area contributed by atoms with E-state index in [-0.39, 0.29) is 12.1 Å². The highest BCUT2D eigenvalue weighted by molar-refractivity contribution is 6.30. The summed E-state index contributed by atoms with van der Waals surface area (Å²) in [6.07, 6.45) is 0.304. The van der Waals surface area contributed by atoms with E-state index in [0.29, 0.717) is 54.7 Å². The Morgan fingerprint density at radius 1 is 1.13 bits per heavy atom. The summed E-state index contributed by atoms with van der Waals surface area (Å²) >= 11 is 5.89. The van der Waals surface area contributed by atoms with Crippen LogP contribution in [0, 0.1) is 11.3 Å². The lowest BCUT2D eigenvalue weighted by molar-refractivity contribution is -0.159. The Morgan fingerprint density at radius 2 is 1.90 bits per heavy atom. The standard InChI is InChI=1S/C24H28ClNO5/c1-4-28-24(27)23(31-17(2)3)14-18-7-5-8-21(13-18)29-11-6-12-30-22-10-9-20(25)15-19(22)16-26/h5,7-10,13,15,17,23H,4,6,11-12,14H2,1-3H3/t23-/m0/s1. The third-order valence-corrected chi connectivity index (χ3v) is 4.42. The number of benzene rings is 2. The van der Waals surface area contributed by atoms with Crippen molar-refractivity contribution in [1.29, 1.82) is 5.26 Å². The largest absolute Gasteiger partial charge is 0.493 e. The Kier molecular flexibility index (Phi) is 10.2. The maximum atomic E-state index is 12.2. The molecule has 2 aromatic rings. The van der Waals surface area contributed by atoms with Crippen molar-refractivity contribution in [1.82, 2.24) is 0 Å². The van der Waals surface area contributed by atoms with Crippen molar-refractivity contribution in [3.63, 3.8) is 0 Å². The maximum Gasteiger partial charge on any atom is 0.335 e. The molecule has 0 fully saturated rings. The molecule has 0 amide bonds. The molecule has 0 heterocycles. The van der Waals surface area contributed by atoms with Gasteiger partial charge in [-0.15, -0.1) is 0 Å². The second kappa shape index (κ2) is 12.8. The molecule has 0 unspecified atom stereocenters. The molecule has 6 nitrogen and oxygen atoms in total. The molecule has 31 heavy (non-hydrogen) atoms. The second-order valence-electron chi connectivity index (χ2n) is 7.08. The zero-order valence-electron chi connectivity index (χ0n) is 18.1. The predicted molar refractivity (Wildman–Crippen MR) is 119 cm³/mol. The highest BCUT2D eigenvalue weighted by Crippen LogP contribution is 2.22. The van der Waals surface area contributed by atoms with Crippen LogP contribution in [0.4, 0.5) is 0 Å². The maximum absolute atomic E-state index is 12.2. The zero-order valence-corrected chi connectivity index (χ0v) is 18.9. The number of carbonyl (C=O) groups excluding carboxylic acids is 1. The summed E-state index contributed by atoms with van der Waals surface area (Å²) in [5.41, 5.74) is 1.33. The minimum atomic E-state index is -0.655. The van der Waals surface area contributed by atoms with Crippen LogP contribution in [0.5, 0.6) is 11.5 Å². The number of carbonyl (C=O) groups is 1. The van der Waals surface area contributed by atoms with Crippen LogP contribution < -0.4 is 9.47 Å². The summed E-state index contributed by atoms with van der Waals surface area (Å²) in [4.78, 5) is 12.2. The summed E-state index contributed by atoms with van der Waals surface area (Å²) in [6.45, 7) is 6.71. The van der Waals surface area contributed by atoms with Gasteiger partial charge >= 0.3 is 5.97 Å². The van der Waals surface area contributed by atoms with Gasteiger partial charge in [0.25, 0.3) is 0 Å².